The van der Waals surface area contributed by atoms with Crippen LogP contribution in [-0.2, 0) is 11.2 Å². The Kier molecular flexibility index (Phi) is 4.57. The second kappa shape index (κ2) is 5.72. The van der Waals surface area contributed by atoms with Gasteiger partial charge in [0, 0.05) is 18.0 Å². The van der Waals surface area contributed by atoms with Gasteiger partial charge in [0.15, 0.2) is 11.6 Å². The first-order valence-electron chi connectivity index (χ1n) is 5.40. The van der Waals surface area contributed by atoms with E-state index < -0.39 is 23.6 Å². The number of benzene rings is 1. The van der Waals surface area contributed by atoms with Crippen molar-refractivity contribution >= 4 is 5.97 Å². The molecule has 1 atom stereocenters. The number of carbonyl (C=O) groups is 1. The highest BCUT2D eigenvalue weighted by molar-refractivity contribution is 5.66. The van der Waals surface area contributed by atoms with Gasteiger partial charge in [-0.25, -0.2) is 8.78 Å². The molecular weight excluding hydrogens is 228 g/mol. The number of hydrogen-bond acceptors (Lipinski definition) is 2. The van der Waals surface area contributed by atoms with Crippen LogP contribution in [-0.4, -0.2) is 11.1 Å². The van der Waals surface area contributed by atoms with E-state index in [4.69, 9.17) is 10.8 Å². The monoisotopic (exact) mass is 243 g/mol. The highest BCUT2D eigenvalue weighted by Gasteiger charge is 2.17. The molecule has 0 fully saturated rings. The quantitative estimate of drug-likeness (QED) is 0.834. The Hall–Kier alpha value is -1.49. The average molecular weight is 243 g/mol. The standard InChI is InChI=1S/C12H15F2NO2/c1-2-7-5-8(12(14)9(13)6-7)10(15)3-4-11(16)17/h5-6,10H,2-4,15H2,1H3,(H,16,17). The maximum absolute atomic E-state index is 13.5. The van der Waals surface area contributed by atoms with Gasteiger partial charge in [-0.1, -0.05) is 13.0 Å². The van der Waals surface area contributed by atoms with Crippen LogP contribution in [0.25, 0.3) is 0 Å². The average Bonchev–Trinajstić information content (AvgIpc) is 2.29. The van der Waals surface area contributed by atoms with Gasteiger partial charge in [-0.3, -0.25) is 4.79 Å². The summed E-state index contributed by atoms with van der Waals surface area (Å²) in [6.07, 6.45) is 0.479. The molecule has 17 heavy (non-hydrogen) atoms. The Morgan fingerprint density at radius 2 is 2.12 bits per heavy atom. The largest absolute Gasteiger partial charge is 0.481 e. The minimum atomic E-state index is -1.01. The summed E-state index contributed by atoms with van der Waals surface area (Å²) in [7, 11) is 0. The normalized spacial score (nSPS) is 12.5. The van der Waals surface area contributed by atoms with Crippen LogP contribution in [0, 0.1) is 11.6 Å². The smallest absolute Gasteiger partial charge is 0.303 e. The Labute approximate surface area is 98.2 Å². The summed E-state index contributed by atoms with van der Waals surface area (Å²) >= 11 is 0. The van der Waals surface area contributed by atoms with Crippen molar-refractivity contribution in [2.45, 2.75) is 32.2 Å². The lowest BCUT2D eigenvalue weighted by atomic mass is 9.99. The van der Waals surface area contributed by atoms with Crippen molar-refractivity contribution in [1.82, 2.24) is 0 Å². The zero-order valence-electron chi connectivity index (χ0n) is 9.54. The van der Waals surface area contributed by atoms with Crippen LogP contribution >= 0.6 is 0 Å². The Morgan fingerprint density at radius 1 is 1.47 bits per heavy atom. The van der Waals surface area contributed by atoms with Gasteiger partial charge in [0.25, 0.3) is 0 Å². The highest BCUT2D eigenvalue weighted by Crippen LogP contribution is 2.23. The van der Waals surface area contributed by atoms with Crippen LogP contribution in [0.3, 0.4) is 0 Å². The molecule has 0 aliphatic rings. The molecule has 0 heterocycles. The molecule has 0 radical (unpaired) electrons. The lowest BCUT2D eigenvalue weighted by Gasteiger charge is -2.13. The third-order valence-electron chi connectivity index (χ3n) is 2.59. The van der Waals surface area contributed by atoms with Crippen LogP contribution < -0.4 is 5.73 Å². The second-order valence-corrected chi connectivity index (χ2v) is 3.87. The molecule has 1 aromatic rings. The molecule has 0 amide bonds. The first-order valence-corrected chi connectivity index (χ1v) is 5.40. The maximum Gasteiger partial charge on any atom is 0.303 e. The summed E-state index contributed by atoms with van der Waals surface area (Å²) in [5.74, 6) is -2.93. The molecular formula is C12H15F2NO2. The van der Waals surface area contributed by atoms with Crippen molar-refractivity contribution in [2.75, 3.05) is 0 Å². The van der Waals surface area contributed by atoms with E-state index in [0.717, 1.165) is 6.07 Å². The van der Waals surface area contributed by atoms with Crippen molar-refractivity contribution in [3.8, 4) is 0 Å². The number of nitrogens with two attached hydrogens (primary N) is 1. The highest BCUT2D eigenvalue weighted by atomic mass is 19.2. The number of carboxylic acids is 1. The van der Waals surface area contributed by atoms with E-state index in [1.807, 2.05) is 6.92 Å². The van der Waals surface area contributed by atoms with Gasteiger partial charge in [0.05, 0.1) is 0 Å². The van der Waals surface area contributed by atoms with Gasteiger partial charge in [0.2, 0.25) is 0 Å². The summed E-state index contributed by atoms with van der Waals surface area (Å²) in [4.78, 5) is 10.4. The fraction of sp³-hybridized carbons (Fsp3) is 0.417. The van der Waals surface area contributed by atoms with Gasteiger partial charge < -0.3 is 10.8 Å². The Morgan fingerprint density at radius 3 is 2.65 bits per heavy atom. The minimum absolute atomic E-state index is 0.0445. The third kappa shape index (κ3) is 3.49. The fourth-order valence-corrected chi connectivity index (χ4v) is 1.58. The lowest BCUT2D eigenvalue weighted by Crippen LogP contribution is -2.15. The molecule has 0 aromatic heterocycles. The number of rotatable bonds is 5. The van der Waals surface area contributed by atoms with Crippen molar-refractivity contribution < 1.29 is 18.7 Å². The van der Waals surface area contributed by atoms with Crippen LogP contribution in [0.4, 0.5) is 8.78 Å². The molecule has 94 valence electrons. The maximum atomic E-state index is 13.5. The fourth-order valence-electron chi connectivity index (χ4n) is 1.58. The molecule has 0 spiro atoms. The SMILES string of the molecule is CCc1cc(F)c(F)c(C(N)CCC(=O)O)c1. The van der Waals surface area contributed by atoms with Crippen LogP contribution in [0.5, 0.6) is 0 Å². The summed E-state index contributed by atoms with van der Waals surface area (Å²) in [5, 5.41) is 8.51. The first-order chi connectivity index (χ1) is 7.95. The van der Waals surface area contributed by atoms with E-state index in [1.165, 1.54) is 6.07 Å². The minimum Gasteiger partial charge on any atom is -0.481 e. The zero-order chi connectivity index (χ0) is 13.0. The predicted octanol–water partition coefficient (Wildman–Crippen LogP) is 2.39. The lowest BCUT2D eigenvalue weighted by molar-refractivity contribution is -0.137. The number of carboxylic acid groups (broad SMARTS) is 1. The number of aliphatic carboxylic acids is 1. The summed E-state index contributed by atoms with van der Waals surface area (Å²) in [5.41, 5.74) is 6.35. The van der Waals surface area contributed by atoms with Gasteiger partial charge in [-0.05, 0) is 24.5 Å². The number of halogens is 2. The molecule has 1 unspecified atom stereocenters. The van der Waals surface area contributed by atoms with E-state index in [0.29, 0.717) is 12.0 Å². The molecule has 3 N–H and O–H groups in total. The zero-order valence-corrected chi connectivity index (χ0v) is 9.54. The molecule has 0 bridgehead atoms. The summed E-state index contributed by atoms with van der Waals surface area (Å²) in [6, 6.07) is 1.82. The second-order valence-electron chi connectivity index (χ2n) is 3.87. The Balaban J connectivity index is 2.95. The topological polar surface area (TPSA) is 63.3 Å². The van der Waals surface area contributed by atoms with Crippen molar-refractivity contribution in [3.63, 3.8) is 0 Å². The van der Waals surface area contributed by atoms with Gasteiger partial charge in [-0.2, -0.15) is 0 Å². The van der Waals surface area contributed by atoms with Crippen LogP contribution in [0.15, 0.2) is 12.1 Å². The van der Waals surface area contributed by atoms with E-state index in [1.54, 1.807) is 0 Å². The first kappa shape index (κ1) is 13.6. The third-order valence-corrected chi connectivity index (χ3v) is 2.59. The van der Waals surface area contributed by atoms with E-state index in [2.05, 4.69) is 0 Å². The molecule has 1 aromatic carbocycles. The van der Waals surface area contributed by atoms with E-state index >= 15 is 0 Å². The van der Waals surface area contributed by atoms with E-state index in [-0.39, 0.29) is 18.4 Å². The number of hydrogen-bond donors (Lipinski definition) is 2. The summed E-state index contributed by atoms with van der Waals surface area (Å²) in [6.45, 7) is 1.82. The number of aryl methyl sites for hydroxylation is 1. The molecule has 0 aliphatic heterocycles. The van der Waals surface area contributed by atoms with Crippen LogP contribution in [0.2, 0.25) is 0 Å². The molecule has 0 saturated heterocycles. The Bertz CT molecular complexity index is 421. The molecule has 0 aliphatic carbocycles. The van der Waals surface area contributed by atoms with Crippen molar-refractivity contribution in [1.29, 1.82) is 0 Å². The van der Waals surface area contributed by atoms with Crippen molar-refractivity contribution in [2.24, 2.45) is 5.73 Å². The van der Waals surface area contributed by atoms with E-state index in [9.17, 15) is 13.6 Å². The molecule has 3 nitrogen and oxygen atoms in total. The van der Waals surface area contributed by atoms with Crippen molar-refractivity contribution in [3.05, 3.63) is 34.9 Å². The van der Waals surface area contributed by atoms with Gasteiger partial charge in [-0.15, -0.1) is 0 Å². The molecule has 5 heteroatoms. The molecule has 1 rings (SSSR count). The van der Waals surface area contributed by atoms with Crippen LogP contribution in [0.1, 0.15) is 36.9 Å². The van der Waals surface area contributed by atoms with Gasteiger partial charge in [0.1, 0.15) is 0 Å². The molecule has 0 saturated carbocycles. The van der Waals surface area contributed by atoms with Gasteiger partial charge >= 0.3 is 5.97 Å². The predicted molar refractivity (Wildman–Crippen MR) is 59.5 cm³/mol. The summed E-state index contributed by atoms with van der Waals surface area (Å²) < 4.78 is 26.7.